The van der Waals surface area contributed by atoms with Gasteiger partial charge in [0.2, 0.25) is 0 Å². The lowest BCUT2D eigenvalue weighted by molar-refractivity contribution is 0.818. The number of hydrogen-bond donors (Lipinski definition) is 0. The maximum atomic E-state index is 4.79. The Bertz CT molecular complexity index is 3780. The number of aryl methyl sites for hydroxylation is 11. The molecule has 0 aliphatic heterocycles. The van der Waals surface area contributed by atoms with Gasteiger partial charge in [-0.25, -0.2) is 0 Å². The van der Waals surface area contributed by atoms with E-state index in [2.05, 4.69) is 365 Å². The van der Waals surface area contributed by atoms with Gasteiger partial charge in [-0.3, -0.25) is 0 Å². The zero-order valence-corrected chi connectivity index (χ0v) is 54.5. The lowest BCUT2D eigenvalue weighted by atomic mass is 9.84. The largest absolute Gasteiger partial charge is 0.330 e. The molecule has 11 aromatic carbocycles. The predicted octanol–water partition coefficient (Wildman–Crippen LogP) is 24.6. The van der Waals surface area contributed by atoms with E-state index in [9.17, 15) is 0 Å². The second kappa shape index (κ2) is 30.6. The summed E-state index contributed by atoms with van der Waals surface area (Å²) in [6.45, 7) is 34.3. The Labute approximate surface area is 528 Å². The van der Waals surface area contributed by atoms with E-state index in [4.69, 9.17) is 6.58 Å². The maximum absolute atomic E-state index is 4.79. The van der Waals surface area contributed by atoms with E-state index >= 15 is 0 Å². The zero-order valence-electron chi connectivity index (χ0n) is 54.5. The first-order chi connectivity index (χ1) is 42.5. The number of benzene rings is 11. The van der Waals surface area contributed by atoms with Crippen LogP contribution in [0.1, 0.15) is 105 Å². The number of hydrogen-bond acceptors (Lipinski definition) is 3. The first-order valence-electron chi connectivity index (χ1n) is 31.0. The first-order valence-corrected chi connectivity index (χ1v) is 31.0. The summed E-state index contributed by atoms with van der Waals surface area (Å²) >= 11 is 0. The van der Waals surface area contributed by atoms with Crippen LogP contribution < -0.4 is 14.7 Å². The van der Waals surface area contributed by atoms with E-state index in [-0.39, 0.29) is 0 Å². The van der Waals surface area contributed by atoms with Crippen LogP contribution in [0.25, 0.3) is 16.7 Å². The molecular formula is C85H89N3. The molecule has 1 atom stereocenters. The Morgan fingerprint density at radius 2 is 0.534 bits per heavy atom. The molecule has 3 nitrogen and oxygen atoms in total. The molecule has 88 heavy (non-hydrogen) atoms. The predicted molar refractivity (Wildman–Crippen MR) is 385 cm³/mol. The van der Waals surface area contributed by atoms with Gasteiger partial charge in [-0.2, -0.15) is 0 Å². The smallest absolute Gasteiger partial charge is 0.0858 e. The fraction of sp³-hybridized carbons (Fsp3) is 0.176. The Morgan fingerprint density at radius 3 is 0.830 bits per heavy atom. The van der Waals surface area contributed by atoms with E-state index in [1.807, 2.05) is 13.8 Å². The van der Waals surface area contributed by atoms with Crippen LogP contribution in [0, 0.1) is 76.2 Å². The average molecular weight is 1150 g/mol. The Balaban J connectivity index is 0.000000480. The topological polar surface area (TPSA) is 9.72 Å². The minimum atomic E-state index is -0.394. The van der Waals surface area contributed by atoms with Gasteiger partial charge in [0.15, 0.2) is 0 Å². The monoisotopic (exact) mass is 1150 g/mol. The van der Waals surface area contributed by atoms with Gasteiger partial charge in [-0.1, -0.05) is 252 Å². The van der Waals surface area contributed by atoms with Crippen molar-refractivity contribution >= 4 is 51.1 Å². The molecule has 0 bridgehead atoms. The fourth-order valence-electron chi connectivity index (χ4n) is 10.7. The third kappa shape index (κ3) is 16.6. The second-order valence-electron chi connectivity index (χ2n) is 23.2. The highest BCUT2D eigenvalue weighted by molar-refractivity contribution is 5.86. The number of rotatable bonds is 14. The van der Waals surface area contributed by atoms with E-state index < -0.39 is 6.04 Å². The Hall–Kier alpha value is -9.70. The van der Waals surface area contributed by atoms with Crippen molar-refractivity contribution in [1.29, 1.82) is 0 Å². The molecule has 0 heterocycles. The van der Waals surface area contributed by atoms with Gasteiger partial charge in [-0.15, -0.1) is 0 Å². The van der Waals surface area contributed by atoms with Crippen LogP contribution in [-0.2, 0) is 0 Å². The molecule has 0 aliphatic carbocycles. The minimum Gasteiger partial charge on any atom is -0.330 e. The molecule has 1 unspecified atom stereocenters. The molecule has 11 aromatic rings. The second-order valence-corrected chi connectivity index (χ2v) is 23.2. The van der Waals surface area contributed by atoms with Gasteiger partial charge in [0.25, 0.3) is 0 Å². The third-order valence-corrected chi connectivity index (χ3v) is 15.7. The molecule has 0 saturated carbocycles. The zero-order chi connectivity index (χ0) is 62.9. The van der Waals surface area contributed by atoms with Crippen molar-refractivity contribution in [2.75, 3.05) is 14.7 Å². The average Bonchev–Trinajstić information content (AvgIpc) is 1.75. The van der Waals surface area contributed by atoms with Crippen molar-refractivity contribution < 1.29 is 0 Å². The summed E-state index contributed by atoms with van der Waals surface area (Å²) in [6, 6.07) is 93.1. The molecule has 11 rings (SSSR count). The van der Waals surface area contributed by atoms with Crippen molar-refractivity contribution in [3.8, 4) is 11.1 Å². The van der Waals surface area contributed by atoms with Gasteiger partial charge < -0.3 is 14.7 Å². The van der Waals surface area contributed by atoms with Crippen molar-refractivity contribution in [3.63, 3.8) is 0 Å². The molecule has 0 aromatic heterocycles. The van der Waals surface area contributed by atoms with Crippen LogP contribution in [0.15, 0.2) is 274 Å². The van der Waals surface area contributed by atoms with Gasteiger partial charge in [0, 0.05) is 45.5 Å². The molecule has 0 amide bonds. The number of anilines is 8. The van der Waals surface area contributed by atoms with Crippen LogP contribution in [0.3, 0.4) is 0 Å². The first kappa shape index (κ1) is 64.3. The minimum absolute atomic E-state index is 0.394. The van der Waals surface area contributed by atoms with Gasteiger partial charge in [-0.05, 0) is 214 Å². The fourth-order valence-corrected chi connectivity index (χ4v) is 10.7. The Kier molecular flexibility index (Phi) is 22.3. The van der Waals surface area contributed by atoms with E-state index in [1.54, 1.807) is 0 Å². The SMILES string of the molecule is C=C(/C=C\C)c1ccc(N(c2ccc(C)cc2)c2ccc(C)cc2)cc1C(c1cc(N(c2ccc(C)cc2)c2ccc(C)cc2)ccc1-c1ccc(C)cc1)N(c1ccc(C)cc1)c1ccc(C)cc1.CC.Cc1ccc(C)cc1.Cc1ccc(C)cc1. The lowest BCUT2D eigenvalue weighted by Crippen LogP contribution is -2.27. The molecule has 0 saturated heterocycles. The van der Waals surface area contributed by atoms with Crippen LogP contribution in [0.2, 0.25) is 0 Å². The highest BCUT2D eigenvalue weighted by Crippen LogP contribution is 2.49. The molecule has 0 N–H and O–H groups in total. The molecule has 0 spiro atoms. The van der Waals surface area contributed by atoms with Gasteiger partial charge >= 0.3 is 0 Å². The van der Waals surface area contributed by atoms with Crippen molar-refractivity contribution in [1.82, 2.24) is 0 Å². The maximum Gasteiger partial charge on any atom is 0.0858 e. The van der Waals surface area contributed by atoms with Crippen molar-refractivity contribution in [2.45, 2.75) is 103 Å². The third-order valence-electron chi connectivity index (χ3n) is 15.7. The van der Waals surface area contributed by atoms with Crippen LogP contribution in [0.5, 0.6) is 0 Å². The number of allylic oxidation sites excluding steroid dienone is 3. The molecule has 444 valence electrons. The Morgan fingerprint density at radius 1 is 0.295 bits per heavy atom. The summed E-state index contributed by atoms with van der Waals surface area (Å²) in [4.78, 5) is 7.33. The van der Waals surface area contributed by atoms with Crippen molar-refractivity contribution in [2.24, 2.45) is 0 Å². The van der Waals surface area contributed by atoms with Gasteiger partial charge in [0.1, 0.15) is 0 Å². The highest BCUT2D eigenvalue weighted by atomic mass is 15.2. The normalized spacial score (nSPS) is 11.0. The molecule has 3 heteroatoms. The number of nitrogens with zero attached hydrogens (tertiary/aromatic N) is 3. The van der Waals surface area contributed by atoms with E-state index in [0.29, 0.717) is 0 Å². The van der Waals surface area contributed by atoms with Gasteiger partial charge in [0.05, 0.1) is 6.04 Å². The van der Waals surface area contributed by atoms with Crippen LogP contribution >= 0.6 is 0 Å². The molecular weight excluding hydrogens is 1060 g/mol. The molecule has 0 aliphatic rings. The highest BCUT2D eigenvalue weighted by Gasteiger charge is 2.32. The summed E-state index contributed by atoms with van der Waals surface area (Å²) in [6.07, 6.45) is 4.24. The van der Waals surface area contributed by atoms with Crippen molar-refractivity contribution in [3.05, 3.63) is 351 Å². The summed E-state index contributed by atoms with van der Waals surface area (Å²) in [5.74, 6) is 0. The lowest BCUT2D eigenvalue weighted by Gasteiger charge is -2.38. The quantitative estimate of drug-likeness (QED) is 0.101. The summed E-state index contributed by atoms with van der Waals surface area (Å²) in [5, 5.41) is 0. The summed E-state index contributed by atoms with van der Waals surface area (Å²) in [7, 11) is 0. The molecule has 0 radical (unpaired) electrons. The molecule has 0 fully saturated rings. The van der Waals surface area contributed by atoms with E-state index in [1.165, 1.54) is 61.2 Å². The standard InChI is InChI=1S/C67H63N3.2C8H10.C2H6/c1-10-11-53(9)63-42-40-61(68(55-28-14-47(3)15-29-55)56-30-16-48(4)17-31-56)44-65(63)67(70(59-36-22-51(7)23-37-59)60-38-24-52(8)25-39-60)66-45-62(41-43-64(66)54-26-12-46(2)13-27-54)69(57-32-18-49(5)19-33-57)58-34-20-50(6)21-35-58;2*1-7-3-5-8(2)6-4-7;1-2/h10-45,67H,9H2,1-8H3;2*3-6H,1-2H3;1-2H3/b11-10-;;;. The van der Waals surface area contributed by atoms with Crippen LogP contribution in [0.4, 0.5) is 45.5 Å². The summed E-state index contributed by atoms with van der Waals surface area (Å²) in [5.41, 5.74) is 29.0. The van der Waals surface area contributed by atoms with E-state index in [0.717, 1.165) is 78.9 Å². The summed E-state index contributed by atoms with van der Waals surface area (Å²) < 4.78 is 0. The van der Waals surface area contributed by atoms with Crippen LogP contribution in [-0.4, -0.2) is 0 Å².